The summed E-state index contributed by atoms with van der Waals surface area (Å²) < 4.78 is 39.8. The van der Waals surface area contributed by atoms with Gasteiger partial charge in [0.1, 0.15) is 17.8 Å². The van der Waals surface area contributed by atoms with E-state index < -0.39 is 41.9 Å². The second kappa shape index (κ2) is 11.9. The van der Waals surface area contributed by atoms with E-state index in [1.54, 1.807) is 19.1 Å². The van der Waals surface area contributed by atoms with Gasteiger partial charge >= 0.3 is 12.2 Å². The number of hydrogen-bond acceptors (Lipinski definition) is 8. The molecule has 0 saturated carbocycles. The summed E-state index contributed by atoms with van der Waals surface area (Å²) in [4.78, 5) is 56.6. The molecule has 2 aliphatic heterocycles. The number of pyridine rings is 1. The summed E-state index contributed by atoms with van der Waals surface area (Å²) in [5, 5.41) is 5.04. The van der Waals surface area contributed by atoms with Crippen LogP contribution in [-0.2, 0) is 14.3 Å². The molecule has 0 bridgehead atoms. The summed E-state index contributed by atoms with van der Waals surface area (Å²) in [7, 11) is 1.19. The first-order valence-corrected chi connectivity index (χ1v) is 12.2. The van der Waals surface area contributed by atoms with E-state index in [-0.39, 0.29) is 56.6 Å². The fraction of sp³-hybridized carbons (Fsp3) is 0.400. The standard InChI is InChI=1S/C25H28F2N6O6/c1-15(30-22(34)16-4-3-5-28-12-16)23(35)32-8-6-31(7-9-32)21-19(26)10-17(11-20(21)27)33-14-18(39-25(33)37)13-29-24(36)38-2/h3-5,10-12,15,18H,6-9,13-14H2,1-2H3,(H,29,36)(H,30,34)/t15-,18-/m0/s1. The monoisotopic (exact) mass is 546 g/mol. The average molecular weight is 547 g/mol. The quantitative estimate of drug-likeness (QED) is 0.534. The van der Waals surface area contributed by atoms with E-state index in [4.69, 9.17) is 4.74 Å². The normalized spacial score (nSPS) is 17.9. The number of ether oxygens (including phenoxy) is 2. The third-order valence-electron chi connectivity index (χ3n) is 6.40. The van der Waals surface area contributed by atoms with Crippen molar-refractivity contribution in [2.45, 2.75) is 19.1 Å². The smallest absolute Gasteiger partial charge is 0.414 e. The first-order valence-electron chi connectivity index (χ1n) is 12.2. The lowest BCUT2D eigenvalue weighted by Gasteiger charge is -2.37. The van der Waals surface area contributed by atoms with Crippen LogP contribution in [0.25, 0.3) is 0 Å². The number of hydrogen-bond donors (Lipinski definition) is 2. The highest BCUT2D eigenvalue weighted by Gasteiger charge is 2.34. The molecule has 2 saturated heterocycles. The van der Waals surface area contributed by atoms with Crippen LogP contribution in [0.3, 0.4) is 0 Å². The van der Waals surface area contributed by atoms with E-state index in [9.17, 15) is 19.2 Å². The molecule has 2 atom stereocenters. The molecular weight excluding hydrogens is 518 g/mol. The third kappa shape index (κ3) is 6.33. The number of halogens is 2. The van der Waals surface area contributed by atoms with Gasteiger partial charge in [0.05, 0.1) is 31.5 Å². The molecule has 3 heterocycles. The number of benzene rings is 1. The van der Waals surface area contributed by atoms with Gasteiger partial charge in [-0.25, -0.2) is 18.4 Å². The molecule has 4 rings (SSSR count). The van der Waals surface area contributed by atoms with Gasteiger partial charge in [-0.05, 0) is 19.1 Å². The Labute approximate surface area is 222 Å². The van der Waals surface area contributed by atoms with Gasteiger partial charge in [-0.15, -0.1) is 0 Å². The van der Waals surface area contributed by atoms with Crippen LogP contribution in [0.5, 0.6) is 0 Å². The molecule has 2 fully saturated rings. The maximum atomic E-state index is 15.1. The van der Waals surface area contributed by atoms with Crippen molar-refractivity contribution in [3.63, 3.8) is 0 Å². The first-order chi connectivity index (χ1) is 18.7. The van der Waals surface area contributed by atoms with E-state index in [1.807, 2.05) is 0 Å². The largest absolute Gasteiger partial charge is 0.453 e. The lowest BCUT2D eigenvalue weighted by atomic mass is 10.1. The Morgan fingerprint density at radius 2 is 1.87 bits per heavy atom. The van der Waals surface area contributed by atoms with Crippen LogP contribution in [0.15, 0.2) is 36.7 Å². The van der Waals surface area contributed by atoms with E-state index in [0.29, 0.717) is 5.56 Å². The van der Waals surface area contributed by atoms with Crippen LogP contribution < -0.4 is 20.4 Å². The molecule has 2 aliphatic rings. The summed E-state index contributed by atoms with van der Waals surface area (Å²) in [6.45, 7) is 2.24. The Bertz CT molecular complexity index is 1220. The highest BCUT2D eigenvalue weighted by atomic mass is 19.1. The van der Waals surface area contributed by atoms with E-state index in [1.165, 1.54) is 29.3 Å². The molecule has 12 nitrogen and oxygen atoms in total. The molecular formula is C25H28F2N6O6. The predicted octanol–water partition coefficient (Wildman–Crippen LogP) is 1.51. The number of piperazine rings is 1. The molecule has 0 spiro atoms. The third-order valence-corrected chi connectivity index (χ3v) is 6.40. The number of nitrogens with zero attached hydrogens (tertiary/aromatic N) is 4. The van der Waals surface area contributed by atoms with Gasteiger partial charge in [-0.2, -0.15) is 0 Å². The molecule has 208 valence electrons. The highest BCUT2D eigenvalue weighted by molar-refractivity contribution is 5.97. The zero-order chi connectivity index (χ0) is 28.1. The van der Waals surface area contributed by atoms with Gasteiger partial charge in [0.15, 0.2) is 11.6 Å². The summed E-state index contributed by atoms with van der Waals surface area (Å²) >= 11 is 0. The summed E-state index contributed by atoms with van der Waals surface area (Å²) in [5.74, 6) is -2.48. The van der Waals surface area contributed by atoms with E-state index >= 15 is 8.78 Å². The molecule has 14 heteroatoms. The summed E-state index contributed by atoms with van der Waals surface area (Å²) in [6.07, 6.45) is 0.719. The minimum atomic E-state index is -0.870. The van der Waals surface area contributed by atoms with Gasteiger partial charge < -0.3 is 29.9 Å². The second-order valence-corrected chi connectivity index (χ2v) is 9.00. The number of alkyl carbamates (subject to hydrolysis) is 1. The van der Waals surface area contributed by atoms with Gasteiger partial charge in [0.25, 0.3) is 5.91 Å². The van der Waals surface area contributed by atoms with Gasteiger partial charge in [0, 0.05) is 50.7 Å². The van der Waals surface area contributed by atoms with Crippen molar-refractivity contribution in [1.82, 2.24) is 20.5 Å². The van der Waals surface area contributed by atoms with Gasteiger partial charge in [-0.1, -0.05) is 0 Å². The van der Waals surface area contributed by atoms with Crippen molar-refractivity contribution in [3.8, 4) is 0 Å². The maximum absolute atomic E-state index is 15.1. The number of aromatic nitrogens is 1. The van der Waals surface area contributed by atoms with Crippen molar-refractivity contribution >= 4 is 35.4 Å². The minimum absolute atomic E-state index is 0.0165. The Kier molecular flexibility index (Phi) is 8.42. The maximum Gasteiger partial charge on any atom is 0.414 e. The summed E-state index contributed by atoms with van der Waals surface area (Å²) in [5.41, 5.74) is 0.0403. The minimum Gasteiger partial charge on any atom is -0.453 e. The number of carbonyl (C=O) groups excluding carboxylic acids is 4. The van der Waals surface area contributed by atoms with E-state index in [0.717, 1.165) is 17.0 Å². The van der Waals surface area contributed by atoms with Gasteiger partial charge in [-0.3, -0.25) is 19.5 Å². The van der Waals surface area contributed by atoms with Gasteiger partial charge in [0.2, 0.25) is 5.91 Å². The first kappa shape index (κ1) is 27.5. The van der Waals surface area contributed by atoms with Crippen LogP contribution in [0.2, 0.25) is 0 Å². The Morgan fingerprint density at radius 1 is 1.18 bits per heavy atom. The van der Waals surface area contributed by atoms with Crippen molar-refractivity contribution < 1.29 is 37.4 Å². The number of amides is 4. The molecule has 0 unspecified atom stereocenters. The van der Waals surface area contributed by atoms with Crippen molar-refractivity contribution in [1.29, 1.82) is 0 Å². The molecule has 39 heavy (non-hydrogen) atoms. The number of rotatable bonds is 7. The number of anilines is 2. The number of carbonyl (C=O) groups is 4. The summed E-state index contributed by atoms with van der Waals surface area (Å²) in [6, 6.07) is 4.49. The zero-order valence-electron chi connectivity index (χ0n) is 21.4. The molecule has 4 amide bonds. The molecule has 2 N–H and O–H groups in total. The predicted molar refractivity (Wildman–Crippen MR) is 134 cm³/mol. The van der Waals surface area contributed by atoms with Crippen LogP contribution in [0, 0.1) is 11.6 Å². The lowest BCUT2D eigenvalue weighted by molar-refractivity contribution is -0.133. The molecule has 1 aromatic heterocycles. The van der Waals surface area contributed by atoms with Crippen LogP contribution >= 0.6 is 0 Å². The highest BCUT2D eigenvalue weighted by Crippen LogP contribution is 2.31. The average Bonchev–Trinajstić information content (AvgIpc) is 3.32. The van der Waals surface area contributed by atoms with Crippen LogP contribution in [0.1, 0.15) is 17.3 Å². The molecule has 1 aromatic carbocycles. The van der Waals surface area contributed by atoms with Crippen molar-refractivity contribution in [2.75, 3.05) is 56.2 Å². The van der Waals surface area contributed by atoms with Crippen LogP contribution in [0.4, 0.5) is 29.7 Å². The van der Waals surface area contributed by atoms with Crippen molar-refractivity contribution in [2.24, 2.45) is 0 Å². The zero-order valence-corrected chi connectivity index (χ0v) is 21.4. The fourth-order valence-corrected chi connectivity index (χ4v) is 4.38. The Morgan fingerprint density at radius 3 is 2.49 bits per heavy atom. The molecule has 2 aromatic rings. The lowest BCUT2D eigenvalue weighted by Crippen LogP contribution is -2.54. The molecule has 0 radical (unpaired) electrons. The second-order valence-electron chi connectivity index (χ2n) is 9.00. The van der Waals surface area contributed by atoms with E-state index in [2.05, 4.69) is 20.4 Å². The fourth-order valence-electron chi connectivity index (χ4n) is 4.38. The number of methoxy groups -OCH3 is 1. The Balaban J connectivity index is 1.34. The molecule has 0 aliphatic carbocycles. The number of nitrogens with one attached hydrogen (secondary N) is 2. The number of cyclic esters (lactones) is 1. The van der Waals surface area contributed by atoms with Crippen molar-refractivity contribution in [3.05, 3.63) is 53.9 Å². The topological polar surface area (TPSA) is 133 Å². The Hall–Kier alpha value is -4.49. The SMILES string of the molecule is COC(=O)NC[C@H]1CN(c2cc(F)c(N3CCN(C(=O)[C@H](C)NC(=O)c4cccnc4)CC3)c(F)c2)C(=O)O1. The van der Waals surface area contributed by atoms with Crippen LogP contribution in [-0.4, -0.2) is 92.4 Å².